The first kappa shape index (κ1) is 10.6. The lowest BCUT2D eigenvalue weighted by molar-refractivity contribution is 0.0698. The van der Waals surface area contributed by atoms with Crippen molar-refractivity contribution >= 4 is 0 Å². The van der Waals surface area contributed by atoms with Crippen molar-refractivity contribution in [3.05, 3.63) is 0 Å². The summed E-state index contributed by atoms with van der Waals surface area (Å²) in [6.45, 7) is 1.79. The minimum Gasteiger partial charge on any atom is -0.393 e. The Bertz CT molecular complexity index is 173. The molecule has 1 fully saturated rings. The van der Waals surface area contributed by atoms with Crippen LogP contribution in [0.5, 0.6) is 0 Å². The predicted octanol–water partition coefficient (Wildman–Crippen LogP) is 1.15. The average Bonchev–Trinajstić information content (AvgIpc) is 2.15. The zero-order valence-electron chi connectivity index (χ0n) is 8.13. The number of aliphatic hydroxyl groups is 1. The van der Waals surface area contributed by atoms with Crippen molar-refractivity contribution in [2.24, 2.45) is 5.92 Å². The lowest BCUT2D eigenvalue weighted by atomic mass is 9.86. The van der Waals surface area contributed by atoms with Gasteiger partial charge in [-0.05, 0) is 18.8 Å². The van der Waals surface area contributed by atoms with Crippen molar-refractivity contribution in [3.8, 4) is 12.3 Å². The first-order valence-corrected chi connectivity index (χ1v) is 5.17. The van der Waals surface area contributed by atoms with Crippen LogP contribution in [-0.2, 0) is 0 Å². The monoisotopic (exact) mass is 181 g/mol. The lowest BCUT2D eigenvalue weighted by Gasteiger charge is -2.27. The Hall–Kier alpha value is -0.520. The van der Waals surface area contributed by atoms with Gasteiger partial charge in [-0.2, -0.15) is 0 Å². The maximum absolute atomic E-state index is 9.65. The maximum atomic E-state index is 9.65. The molecular formula is C11H19NO. The number of terminal acetylenes is 1. The molecule has 0 saturated heterocycles. The smallest absolute Gasteiger partial charge is 0.0580 e. The van der Waals surface area contributed by atoms with Crippen LogP contribution in [0.15, 0.2) is 0 Å². The maximum Gasteiger partial charge on any atom is 0.0580 e. The SMILES string of the molecule is C#CCCNCC1CCCCC1O. The van der Waals surface area contributed by atoms with E-state index >= 15 is 0 Å². The third-order valence-corrected chi connectivity index (χ3v) is 2.72. The van der Waals surface area contributed by atoms with Gasteiger partial charge in [-0.1, -0.05) is 12.8 Å². The van der Waals surface area contributed by atoms with Crippen molar-refractivity contribution in [2.45, 2.75) is 38.2 Å². The van der Waals surface area contributed by atoms with Crippen LogP contribution in [-0.4, -0.2) is 24.3 Å². The highest BCUT2D eigenvalue weighted by Crippen LogP contribution is 2.23. The van der Waals surface area contributed by atoms with Gasteiger partial charge in [0.2, 0.25) is 0 Å². The van der Waals surface area contributed by atoms with E-state index in [1.807, 2.05) is 0 Å². The van der Waals surface area contributed by atoms with Gasteiger partial charge in [0.1, 0.15) is 0 Å². The molecule has 0 amide bonds. The molecule has 1 saturated carbocycles. The molecule has 0 radical (unpaired) electrons. The van der Waals surface area contributed by atoms with E-state index in [1.54, 1.807) is 0 Å². The zero-order chi connectivity index (χ0) is 9.52. The third kappa shape index (κ3) is 3.80. The summed E-state index contributed by atoms with van der Waals surface area (Å²) in [5.41, 5.74) is 0. The summed E-state index contributed by atoms with van der Waals surface area (Å²) in [6, 6.07) is 0. The molecule has 2 N–H and O–H groups in total. The van der Waals surface area contributed by atoms with Gasteiger partial charge in [0, 0.05) is 19.5 Å². The molecule has 2 atom stereocenters. The fraction of sp³-hybridized carbons (Fsp3) is 0.818. The van der Waals surface area contributed by atoms with Crippen LogP contribution in [0.4, 0.5) is 0 Å². The normalized spacial score (nSPS) is 28.3. The highest BCUT2D eigenvalue weighted by molar-refractivity contribution is 4.84. The van der Waals surface area contributed by atoms with Crippen molar-refractivity contribution < 1.29 is 5.11 Å². The first-order chi connectivity index (χ1) is 6.34. The molecule has 1 aliphatic carbocycles. The second-order valence-corrected chi connectivity index (χ2v) is 3.77. The van der Waals surface area contributed by atoms with Crippen LogP contribution >= 0.6 is 0 Å². The van der Waals surface area contributed by atoms with E-state index in [1.165, 1.54) is 12.8 Å². The molecule has 2 unspecified atom stereocenters. The molecule has 0 bridgehead atoms. The molecule has 0 aromatic rings. The molecule has 0 aromatic carbocycles. The van der Waals surface area contributed by atoms with E-state index in [0.29, 0.717) is 5.92 Å². The van der Waals surface area contributed by atoms with E-state index < -0.39 is 0 Å². The lowest BCUT2D eigenvalue weighted by Crippen LogP contribution is -2.34. The highest BCUT2D eigenvalue weighted by Gasteiger charge is 2.21. The number of nitrogens with one attached hydrogen (secondary N) is 1. The largest absolute Gasteiger partial charge is 0.393 e. The minimum absolute atomic E-state index is 0.0907. The van der Waals surface area contributed by atoms with Gasteiger partial charge in [0.05, 0.1) is 6.10 Å². The van der Waals surface area contributed by atoms with E-state index in [0.717, 1.165) is 32.4 Å². The van der Waals surface area contributed by atoms with Gasteiger partial charge in [-0.25, -0.2) is 0 Å². The molecular weight excluding hydrogens is 162 g/mol. The summed E-state index contributed by atoms with van der Waals surface area (Å²) in [4.78, 5) is 0. The summed E-state index contributed by atoms with van der Waals surface area (Å²) in [6.07, 6.45) is 10.4. The summed E-state index contributed by atoms with van der Waals surface area (Å²) in [7, 11) is 0. The van der Waals surface area contributed by atoms with Crippen LogP contribution in [0.2, 0.25) is 0 Å². The molecule has 74 valence electrons. The van der Waals surface area contributed by atoms with E-state index in [-0.39, 0.29) is 6.10 Å². The van der Waals surface area contributed by atoms with Crippen LogP contribution in [0, 0.1) is 18.3 Å². The molecule has 1 rings (SSSR count). The van der Waals surface area contributed by atoms with Crippen molar-refractivity contribution in [1.29, 1.82) is 0 Å². The summed E-state index contributed by atoms with van der Waals surface area (Å²) in [5.74, 6) is 3.04. The van der Waals surface area contributed by atoms with Crippen molar-refractivity contribution in [1.82, 2.24) is 5.32 Å². The Morgan fingerprint density at radius 2 is 2.15 bits per heavy atom. The third-order valence-electron chi connectivity index (χ3n) is 2.72. The summed E-state index contributed by atoms with van der Waals surface area (Å²) in [5, 5.41) is 12.9. The number of rotatable bonds is 4. The van der Waals surface area contributed by atoms with E-state index in [2.05, 4.69) is 11.2 Å². The summed E-state index contributed by atoms with van der Waals surface area (Å²) >= 11 is 0. The average molecular weight is 181 g/mol. The molecule has 2 nitrogen and oxygen atoms in total. The Labute approximate surface area is 80.7 Å². The van der Waals surface area contributed by atoms with Crippen molar-refractivity contribution in [2.75, 3.05) is 13.1 Å². The first-order valence-electron chi connectivity index (χ1n) is 5.17. The van der Waals surface area contributed by atoms with E-state index in [4.69, 9.17) is 6.42 Å². The Kier molecular flexibility index (Phi) is 4.88. The van der Waals surface area contributed by atoms with Crippen LogP contribution in [0.3, 0.4) is 0 Å². The molecule has 1 aliphatic rings. The quantitative estimate of drug-likeness (QED) is 0.504. The fourth-order valence-corrected chi connectivity index (χ4v) is 1.87. The Balaban J connectivity index is 2.09. The standard InChI is InChI=1S/C11H19NO/c1-2-3-8-12-9-10-6-4-5-7-11(10)13/h1,10-13H,3-9H2. The van der Waals surface area contributed by atoms with Gasteiger partial charge in [0.15, 0.2) is 0 Å². The van der Waals surface area contributed by atoms with Crippen LogP contribution < -0.4 is 5.32 Å². The van der Waals surface area contributed by atoms with Crippen LogP contribution in [0.25, 0.3) is 0 Å². The Morgan fingerprint density at radius 3 is 2.85 bits per heavy atom. The topological polar surface area (TPSA) is 32.3 Å². The van der Waals surface area contributed by atoms with Gasteiger partial charge in [-0.3, -0.25) is 0 Å². The second kappa shape index (κ2) is 6.01. The highest BCUT2D eigenvalue weighted by atomic mass is 16.3. The fourth-order valence-electron chi connectivity index (χ4n) is 1.87. The number of hydrogen-bond acceptors (Lipinski definition) is 2. The zero-order valence-corrected chi connectivity index (χ0v) is 8.13. The van der Waals surface area contributed by atoms with Gasteiger partial charge >= 0.3 is 0 Å². The van der Waals surface area contributed by atoms with Crippen LogP contribution in [0.1, 0.15) is 32.1 Å². The van der Waals surface area contributed by atoms with E-state index in [9.17, 15) is 5.11 Å². The number of aliphatic hydroxyl groups excluding tert-OH is 1. The predicted molar refractivity (Wildman–Crippen MR) is 54.3 cm³/mol. The summed E-state index contributed by atoms with van der Waals surface area (Å²) < 4.78 is 0. The van der Waals surface area contributed by atoms with Crippen molar-refractivity contribution in [3.63, 3.8) is 0 Å². The minimum atomic E-state index is -0.0907. The number of hydrogen-bond donors (Lipinski definition) is 2. The molecule has 0 spiro atoms. The molecule has 0 aliphatic heterocycles. The van der Waals surface area contributed by atoms with Gasteiger partial charge in [-0.15, -0.1) is 12.3 Å². The molecule has 0 aromatic heterocycles. The van der Waals surface area contributed by atoms with Gasteiger partial charge < -0.3 is 10.4 Å². The van der Waals surface area contributed by atoms with Gasteiger partial charge in [0.25, 0.3) is 0 Å². The molecule has 2 heteroatoms. The second-order valence-electron chi connectivity index (χ2n) is 3.77. The molecule has 13 heavy (non-hydrogen) atoms. The molecule has 0 heterocycles. The Morgan fingerprint density at radius 1 is 1.38 bits per heavy atom.